The van der Waals surface area contributed by atoms with Gasteiger partial charge in [0.05, 0.1) is 5.69 Å². The molecule has 106 valence electrons. The lowest BCUT2D eigenvalue weighted by atomic mass is 10.2. The number of benzene rings is 2. The van der Waals surface area contributed by atoms with Crippen LogP contribution < -0.4 is 0 Å². The maximum absolute atomic E-state index is 12.8. The Morgan fingerprint density at radius 1 is 1.00 bits per heavy atom. The van der Waals surface area contributed by atoms with E-state index in [1.54, 1.807) is 28.6 Å². The number of nitrogens with zero attached hydrogens (tertiary/aromatic N) is 4. The molecule has 0 bridgehead atoms. The van der Waals surface area contributed by atoms with Gasteiger partial charge in [0.2, 0.25) is 5.16 Å². The molecule has 0 aliphatic rings. The first-order valence-corrected chi connectivity index (χ1v) is 7.52. The molecule has 3 rings (SSSR count). The van der Waals surface area contributed by atoms with Crippen LogP contribution in [0.4, 0.5) is 4.39 Å². The van der Waals surface area contributed by atoms with E-state index in [0.29, 0.717) is 0 Å². The molecule has 0 saturated heterocycles. The van der Waals surface area contributed by atoms with E-state index in [2.05, 4.69) is 15.5 Å². The molecule has 6 heteroatoms. The fourth-order valence-electron chi connectivity index (χ4n) is 1.91. The van der Waals surface area contributed by atoms with E-state index in [9.17, 15) is 4.39 Å². The molecule has 2 aromatic carbocycles. The standard InChI is InChI=1S/C15H13FN4S/c16-13-8-6-12(7-9-13)10-11-21-15-17-18-19-20(15)14-4-2-1-3-5-14/h1-9H,10-11H2. The van der Waals surface area contributed by atoms with E-state index >= 15 is 0 Å². The third kappa shape index (κ3) is 3.46. The number of halogens is 1. The van der Waals surface area contributed by atoms with Crippen molar-refractivity contribution < 1.29 is 4.39 Å². The maximum atomic E-state index is 12.8. The summed E-state index contributed by atoms with van der Waals surface area (Å²) in [5.41, 5.74) is 2.04. The molecule has 1 aromatic heterocycles. The molecular weight excluding hydrogens is 287 g/mol. The van der Waals surface area contributed by atoms with Crippen molar-refractivity contribution in [3.8, 4) is 5.69 Å². The number of aryl methyl sites for hydroxylation is 1. The minimum Gasteiger partial charge on any atom is -0.207 e. The van der Waals surface area contributed by atoms with Crippen LogP contribution in [0.15, 0.2) is 59.8 Å². The molecule has 1 heterocycles. The lowest BCUT2D eigenvalue weighted by Gasteiger charge is -2.04. The predicted octanol–water partition coefficient (Wildman–Crippen LogP) is 3.14. The number of rotatable bonds is 5. The van der Waals surface area contributed by atoms with E-state index in [-0.39, 0.29) is 5.82 Å². The Hall–Kier alpha value is -2.21. The van der Waals surface area contributed by atoms with Gasteiger partial charge < -0.3 is 0 Å². The van der Waals surface area contributed by atoms with Crippen LogP contribution in [0.1, 0.15) is 5.56 Å². The van der Waals surface area contributed by atoms with Gasteiger partial charge >= 0.3 is 0 Å². The minimum absolute atomic E-state index is 0.209. The van der Waals surface area contributed by atoms with Crippen LogP contribution in [0.5, 0.6) is 0 Å². The van der Waals surface area contributed by atoms with Crippen molar-refractivity contribution in [1.29, 1.82) is 0 Å². The molecule has 3 aromatic rings. The quantitative estimate of drug-likeness (QED) is 0.679. The highest BCUT2D eigenvalue weighted by atomic mass is 32.2. The van der Waals surface area contributed by atoms with E-state index in [1.807, 2.05) is 30.3 Å². The molecule has 0 unspecified atom stereocenters. The summed E-state index contributed by atoms with van der Waals surface area (Å²) in [5, 5.41) is 12.5. The second-order valence-electron chi connectivity index (χ2n) is 4.43. The highest BCUT2D eigenvalue weighted by Gasteiger charge is 2.08. The van der Waals surface area contributed by atoms with Crippen molar-refractivity contribution in [1.82, 2.24) is 20.2 Å². The molecule has 0 N–H and O–H groups in total. The highest BCUT2D eigenvalue weighted by Crippen LogP contribution is 2.19. The number of hydrogen-bond donors (Lipinski definition) is 0. The number of hydrogen-bond acceptors (Lipinski definition) is 4. The predicted molar refractivity (Wildman–Crippen MR) is 80.0 cm³/mol. The zero-order chi connectivity index (χ0) is 14.5. The van der Waals surface area contributed by atoms with Crippen LogP contribution in [0.3, 0.4) is 0 Å². The summed E-state index contributed by atoms with van der Waals surface area (Å²) in [6, 6.07) is 16.3. The molecular formula is C15H13FN4S. The fraction of sp³-hybridized carbons (Fsp3) is 0.133. The van der Waals surface area contributed by atoms with Gasteiger partial charge in [-0.15, -0.1) is 5.10 Å². The molecule has 0 aliphatic heterocycles. The van der Waals surface area contributed by atoms with Crippen LogP contribution in [0.25, 0.3) is 5.69 Å². The zero-order valence-electron chi connectivity index (χ0n) is 11.2. The lowest BCUT2D eigenvalue weighted by molar-refractivity contribution is 0.627. The molecule has 0 saturated carbocycles. The van der Waals surface area contributed by atoms with Gasteiger partial charge in [-0.3, -0.25) is 0 Å². The first kappa shape index (κ1) is 13.8. The van der Waals surface area contributed by atoms with Crippen LogP contribution in [-0.4, -0.2) is 26.0 Å². The minimum atomic E-state index is -0.209. The fourth-order valence-corrected chi connectivity index (χ4v) is 2.79. The molecule has 0 spiro atoms. The Morgan fingerprint density at radius 2 is 1.76 bits per heavy atom. The van der Waals surface area contributed by atoms with Crippen LogP contribution in [0.2, 0.25) is 0 Å². The highest BCUT2D eigenvalue weighted by molar-refractivity contribution is 7.99. The van der Waals surface area contributed by atoms with Gasteiger partial charge in [-0.1, -0.05) is 42.1 Å². The van der Waals surface area contributed by atoms with Crippen LogP contribution >= 0.6 is 11.8 Å². The third-order valence-electron chi connectivity index (χ3n) is 2.98. The number of tetrazole rings is 1. The Kier molecular flexibility index (Phi) is 4.25. The Bertz CT molecular complexity index is 697. The summed E-state index contributed by atoms with van der Waals surface area (Å²) in [6.07, 6.45) is 0.840. The van der Waals surface area contributed by atoms with E-state index in [1.165, 1.54) is 12.1 Å². The maximum Gasteiger partial charge on any atom is 0.214 e. The van der Waals surface area contributed by atoms with Crippen molar-refractivity contribution in [2.24, 2.45) is 0 Å². The summed E-state index contributed by atoms with van der Waals surface area (Å²) in [5.74, 6) is 0.623. The Balaban J connectivity index is 1.64. The zero-order valence-corrected chi connectivity index (χ0v) is 12.0. The smallest absolute Gasteiger partial charge is 0.207 e. The van der Waals surface area contributed by atoms with Gasteiger partial charge in [0, 0.05) is 5.75 Å². The van der Waals surface area contributed by atoms with Gasteiger partial charge in [0.25, 0.3) is 0 Å². The third-order valence-corrected chi connectivity index (χ3v) is 3.90. The molecule has 0 fully saturated rings. The number of aromatic nitrogens is 4. The largest absolute Gasteiger partial charge is 0.214 e. The molecule has 0 amide bonds. The Labute approximate surface area is 126 Å². The summed E-state index contributed by atoms with van der Waals surface area (Å²) in [7, 11) is 0. The van der Waals surface area contributed by atoms with Gasteiger partial charge in [-0.2, -0.15) is 4.68 Å². The summed E-state index contributed by atoms with van der Waals surface area (Å²) < 4.78 is 14.6. The normalized spacial score (nSPS) is 10.7. The van der Waals surface area contributed by atoms with Crippen LogP contribution in [-0.2, 0) is 6.42 Å². The van der Waals surface area contributed by atoms with Crippen molar-refractivity contribution >= 4 is 11.8 Å². The van der Waals surface area contributed by atoms with Gasteiger partial charge in [-0.05, 0) is 46.7 Å². The second-order valence-corrected chi connectivity index (χ2v) is 5.50. The average Bonchev–Trinajstić information content (AvgIpc) is 2.99. The average molecular weight is 300 g/mol. The number of para-hydroxylation sites is 1. The molecule has 0 radical (unpaired) electrons. The van der Waals surface area contributed by atoms with E-state index in [4.69, 9.17) is 0 Å². The summed E-state index contributed by atoms with van der Waals surface area (Å²) in [4.78, 5) is 0. The Morgan fingerprint density at radius 3 is 2.52 bits per heavy atom. The first-order chi connectivity index (χ1) is 10.3. The van der Waals surface area contributed by atoms with Crippen LogP contribution in [0, 0.1) is 5.82 Å². The lowest BCUT2D eigenvalue weighted by Crippen LogP contribution is -1.99. The van der Waals surface area contributed by atoms with Crippen molar-refractivity contribution in [2.45, 2.75) is 11.6 Å². The molecule has 0 aliphatic carbocycles. The van der Waals surface area contributed by atoms with Gasteiger partial charge in [0.1, 0.15) is 5.82 Å². The molecule has 21 heavy (non-hydrogen) atoms. The molecule has 0 atom stereocenters. The first-order valence-electron chi connectivity index (χ1n) is 6.54. The van der Waals surface area contributed by atoms with Gasteiger partial charge in [0.15, 0.2) is 0 Å². The summed E-state index contributed by atoms with van der Waals surface area (Å²) >= 11 is 1.58. The monoisotopic (exact) mass is 300 g/mol. The van der Waals surface area contributed by atoms with Crippen molar-refractivity contribution in [3.63, 3.8) is 0 Å². The number of thioether (sulfide) groups is 1. The van der Waals surface area contributed by atoms with E-state index < -0.39 is 0 Å². The van der Waals surface area contributed by atoms with Crippen molar-refractivity contribution in [2.75, 3.05) is 5.75 Å². The SMILES string of the molecule is Fc1ccc(CCSc2nnnn2-c2ccccc2)cc1. The van der Waals surface area contributed by atoms with Crippen molar-refractivity contribution in [3.05, 3.63) is 66.0 Å². The summed E-state index contributed by atoms with van der Waals surface area (Å²) in [6.45, 7) is 0. The second kappa shape index (κ2) is 6.49. The molecule has 4 nitrogen and oxygen atoms in total. The van der Waals surface area contributed by atoms with Gasteiger partial charge in [-0.25, -0.2) is 4.39 Å². The van der Waals surface area contributed by atoms with E-state index in [0.717, 1.165) is 28.6 Å². The topological polar surface area (TPSA) is 43.6 Å².